The second kappa shape index (κ2) is 8.41. The van der Waals surface area contributed by atoms with E-state index in [2.05, 4.69) is 5.32 Å². The molecule has 0 aromatic heterocycles. The highest BCUT2D eigenvalue weighted by Gasteiger charge is 2.34. The summed E-state index contributed by atoms with van der Waals surface area (Å²) in [6.07, 6.45) is 1.66. The van der Waals surface area contributed by atoms with Crippen LogP contribution in [-0.4, -0.2) is 35.0 Å². The number of benzene rings is 2. The molecule has 138 valence electrons. The minimum Gasteiger partial charge on any atom is -0.350 e. The van der Waals surface area contributed by atoms with Crippen molar-refractivity contribution >= 4 is 46.5 Å². The number of nitrogens with zero attached hydrogens (tertiary/aromatic N) is 1. The molecule has 2 aromatic carbocycles. The smallest absolute Gasteiger partial charge is 0.293 e. The van der Waals surface area contributed by atoms with E-state index in [1.165, 1.54) is 0 Å². The number of aryl methyl sites for hydroxylation is 1. The Morgan fingerprint density at radius 3 is 2.63 bits per heavy atom. The molecule has 7 heteroatoms. The number of carbonyl (C=O) groups excluding carboxylic acids is 3. The van der Waals surface area contributed by atoms with E-state index in [1.807, 2.05) is 19.1 Å². The number of hydrogen-bond acceptors (Lipinski definition) is 4. The van der Waals surface area contributed by atoms with Gasteiger partial charge in [0.15, 0.2) is 0 Å². The van der Waals surface area contributed by atoms with Gasteiger partial charge in [-0.25, -0.2) is 0 Å². The predicted octanol–water partition coefficient (Wildman–Crippen LogP) is 4.11. The third kappa shape index (κ3) is 4.78. The summed E-state index contributed by atoms with van der Waals surface area (Å²) < 4.78 is 0. The van der Waals surface area contributed by atoms with Crippen molar-refractivity contribution in [2.75, 3.05) is 13.1 Å². The Hall–Kier alpha value is -2.57. The molecule has 2 aromatic rings. The van der Waals surface area contributed by atoms with Gasteiger partial charge in [0.05, 0.1) is 4.91 Å². The van der Waals surface area contributed by atoms with Crippen molar-refractivity contribution in [3.63, 3.8) is 0 Å². The third-order valence-electron chi connectivity index (χ3n) is 3.94. The van der Waals surface area contributed by atoms with E-state index in [0.717, 1.165) is 27.8 Å². The molecule has 1 fully saturated rings. The van der Waals surface area contributed by atoms with Gasteiger partial charge in [0, 0.05) is 23.7 Å². The van der Waals surface area contributed by atoms with Gasteiger partial charge in [0.2, 0.25) is 0 Å². The summed E-state index contributed by atoms with van der Waals surface area (Å²) in [6, 6.07) is 14.2. The van der Waals surface area contributed by atoms with Gasteiger partial charge in [-0.2, -0.15) is 0 Å². The minimum absolute atomic E-state index is 0.125. The molecule has 0 radical (unpaired) electrons. The zero-order chi connectivity index (χ0) is 19.4. The maximum absolute atomic E-state index is 12.5. The van der Waals surface area contributed by atoms with Crippen molar-refractivity contribution in [3.8, 4) is 0 Å². The lowest BCUT2D eigenvalue weighted by molar-refractivity contribution is -0.122. The van der Waals surface area contributed by atoms with Crippen molar-refractivity contribution in [2.45, 2.75) is 6.92 Å². The van der Waals surface area contributed by atoms with Crippen LogP contribution in [0.5, 0.6) is 0 Å². The van der Waals surface area contributed by atoms with Crippen molar-refractivity contribution in [1.82, 2.24) is 10.2 Å². The summed E-state index contributed by atoms with van der Waals surface area (Å²) in [5.74, 6) is -0.591. The summed E-state index contributed by atoms with van der Waals surface area (Å²) in [7, 11) is 0. The SMILES string of the molecule is Cc1cccc(C(=O)NCCN2C(=O)S/C(=C\c3ccc(Cl)cc3)C2=O)c1. The van der Waals surface area contributed by atoms with Crippen LogP contribution in [0, 0.1) is 6.92 Å². The van der Waals surface area contributed by atoms with Gasteiger partial charge in [-0.05, 0) is 54.6 Å². The first-order chi connectivity index (χ1) is 12.9. The normalized spacial score (nSPS) is 15.5. The summed E-state index contributed by atoms with van der Waals surface area (Å²) >= 11 is 6.74. The number of carbonyl (C=O) groups is 3. The minimum atomic E-state index is -0.357. The molecule has 0 aliphatic carbocycles. The molecule has 0 bridgehead atoms. The van der Waals surface area contributed by atoms with Crippen LogP contribution in [0.4, 0.5) is 4.79 Å². The van der Waals surface area contributed by atoms with Crippen LogP contribution in [0.2, 0.25) is 5.02 Å². The molecule has 1 aliphatic rings. The fourth-order valence-corrected chi connectivity index (χ4v) is 3.56. The first-order valence-electron chi connectivity index (χ1n) is 8.30. The van der Waals surface area contributed by atoms with Crippen LogP contribution in [-0.2, 0) is 4.79 Å². The van der Waals surface area contributed by atoms with Crippen molar-refractivity contribution in [3.05, 3.63) is 75.1 Å². The first kappa shape index (κ1) is 19.2. The summed E-state index contributed by atoms with van der Waals surface area (Å²) in [5.41, 5.74) is 2.32. The van der Waals surface area contributed by atoms with Crippen molar-refractivity contribution in [2.24, 2.45) is 0 Å². The molecule has 1 saturated heterocycles. The van der Waals surface area contributed by atoms with Gasteiger partial charge in [0.25, 0.3) is 17.1 Å². The average Bonchev–Trinajstić information content (AvgIpc) is 2.91. The Bertz CT molecular complexity index is 925. The summed E-state index contributed by atoms with van der Waals surface area (Å²) in [5, 5.41) is 3.00. The van der Waals surface area contributed by atoms with Crippen LogP contribution in [0.15, 0.2) is 53.4 Å². The number of imide groups is 1. The molecule has 3 amide bonds. The number of thioether (sulfide) groups is 1. The quantitative estimate of drug-likeness (QED) is 0.767. The highest BCUT2D eigenvalue weighted by atomic mass is 35.5. The van der Waals surface area contributed by atoms with Crippen LogP contribution in [0.3, 0.4) is 0 Å². The monoisotopic (exact) mass is 400 g/mol. The van der Waals surface area contributed by atoms with Crippen LogP contribution in [0.1, 0.15) is 21.5 Å². The molecule has 0 saturated carbocycles. The lowest BCUT2D eigenvalue weighted by atomic mass is 10.1. The van der Waals surface area contributed by atoms with Gasteiger partial charge >= 0.3 is 0 Å². The number of nitrogens with one attached hydrogen (secondary N) is 1. The van der Waals surface area contributed by atoms with E-state index >= 15 is 0 Å². The lowest BCUT2D eigenvalue weighted by Gasteiger charge is -2.13. The summed E-state index contributed by atoms with van der Waals surface area (Å²) in [6.45, 7) is 2.23. The topological polar surface area (TPSA) is 66.5 Å². The molecule has 1 heterocycles. The highest BCUT2D eigenvalue weighted by molar-refractivity contribution is 8.18. The Balaban J connectivity index is 1.59. The van der Waals surface area contributed by atoms with E-state index in [1.54, 1.807) is 42.5 Å². The molecule has 0 atom stereocenters. The molecule has 0 spiro atoms. The number of amides is 3. The lowest BCUT2D eigenvalue weighted by Crippen LogP contribution is -2.37. The zero-order valence-electron chi connectivity index (χ0n) is 14.6. The molecule has 1 aliphatic heterocycles. The molecule has 5 nitrogen and oxygen atoms in total. The molecule has 3 rings (SSSR count). The van der Waals surface area contributed by atoms with Gasteiger partial charge < -0.3 is 5.32 Å². The fourth-order valence-electron chi connectivity index (χ4n) is 2.57. The van der Waals surface area contributed by atoms with Crippen LogP contribution in [0.25, 0.3) is 6.08 Å². The second-order valence-electron chi connectivity index (χ2n) is 6.01. The molecule has 0 unspecified atom stereocenters. The number of hydrogen-bond donors (Lipinski definition) is 1. The zero-order valence-corrected chi connectivity index (χ0v) is 16.1. The Labute approximate surface area is 166 Å². The van der Waals surface area contributed by atoms with E-state index in [0.29, 0.717) is 15.5 Å². The van der Waals surface area contributed by atoms with Crippen molar-refractivity contribution < 1.29 is 14.4 Å². The van der Waals surface area contributed by atoms with Gasteiger partial charge in [-0.1, -0.05) is 41.4 Å². The van der Waals surface area contributed by atoms with Crippen LogP contribution >= 0.6 is 23.4 Å². The largest absolute Gasteiger partial charge is 0.350 e. The fraction of sp³-hybridized carbons (Fsp3) is 0.150. The second-order valence-corrected chi connectivity index (χ2v) is 7.44. The summed E-state index contributed by atoms with van der Waals surface area (Å²) in [4.78, 5) is 38.2. The maximum atomic E-state index is 12.5. The van der Waals surface area contributed by atoms with E-state index < -0.39 is 0 Å². The predicted molar refractivity (Wildman–Crippen MR) is 108 cm³/mol. The third-order valence-corrected chi connectivity index (χ3v) is 5.10. The highest BCUT2D eigenvalue weighted by Crippen LogP contribution is 2.32. The molecule has 1 N–H and O–H groups in total. The van der Waals surface area contributed by atoms with Gasteiger partial charge in [-0.15, -0.1) is 0 Å². The van der Waals surface area contributed by atoms with E-state index in [-0.39, 0.29) is 30.1 Å². The molecule has 27 heavy (non-hydrogen) atoms. The Morgan fingerprint density at radius 2 is 1.93 bits per heavy atom. The van der Waals surface area contributed by atoms with E-state index in [4.69, 9.17) is 11.6 Å². The number of rotatable bonds is 5. The van der Waals surface area contributed by atoms with Gasteiger partial charge in [-0.3, -0.25) is 19.3 Å². The Kier molecular flexibility index (Phi) is 5.98. The van der Waals surface area contributed by atoms with Gasteiger partial charge in [0.1, 0.15) is 0 Å². The standard InChI is InChI=1S/C20H17ClN2O3S/c1-13-3-2-4-15(11-13)18(24)22-9-10-23-19(25)17(27-20(23)26)12-14-5-7-16(21)8-6-14/h2-8,11-12H,9-10H2,1H3,(H,22,24)/b17-12-. The molecular weight excluding hydrogens is 384 g/mol. The van der Waals surface area contributed by atoms with E-state index in [9.17, 15) is 14.4 Å². The number of halogens is 1. The Morgan fingerprint density at radius 1 is 1.19 bits per heavy atom. The first-order valence-corrected chi connectivity index (χ1v) is 9.49. The maximum Gasteiger partial charge on any atom is 0.293 e. The van der Waals surface area contributed by atoms with Crippen LogP contribution < -0.4 is 5.32 Å². The van der Waals surface area contributed by atoms with Crippen molar-refractivity contribution in [1.29, 1.82) is 0 Å². The average molecular weight is 401 g/mol. The molecular formula is C20H17ClN2O3S.